The van der Waals surface area contributed by atoms with Crippen molar-refractivity contribution in [1.29, 1.82) is 0 Å². The van der Waals surface area contributed by atoms with Crippen LogP contribution in [0.15, 0.2) is 30.5 Å². The van der Waals surface area contributed by atoms with Crippen LogP contribution in [0.2, 0.25) is 0 Å². The molecular weight excluding hydrogens is 473 g/mol. The van der Waals surface area contributed by atoms with Crippen molar-refractivity contribution in [3.05, 3.63) is 47.5 Å². The molecule has 10 heteroatoms. The third-order valence-electron chi connectivity index (χ3n) is 5.59. The van der Waals surface area contributed by atoms with Crippen LogP contribution in [-0.2, 0) is 19.1 Å². The highest BCUT2D eigenvalue weighted by Crippen LogP contribution is 2.38. The molecular formula is C26H30FNO8. The summed E-state index contributed by atoms with van der Waals surface area (Å²) in [4.78, 5) is 41.4. The Morgan fingerprint density at radius 1 is 1.08 bits per heavy atom. The Morgan fingerprint density at radius 2 is 1.78 bits per heavy atom. The minimum atomic E-state index is -0.838. The van der Waals surface area contributed by atoms with Gasteiger partial charge >= 0.3 is 11.9 Å². The van der Waals surface area contributed by atoms with Crippen LogP contribution in [0.3, 0.4) is 0 Å². The van der Waals surface area contributed by atoms with Gasteiger partial charge in [0.25, 0.3) is 0 Å². The smallest absolute Gasteiger partial charge is 0.309 e. The number of hydrogen-bond acceptors (Lipinski definition) is 9. The molecule has 0 amide bonds. The lowest BCUT2D eigenvalue weighted by Crippen LogP contribution is -2.29. The van der Waals surface area contributed by atoms with Gasteiger partial charge in [0.2, 0.25) is 5.75 Å². The molecule has 3 rings (SSSR count). The van der Waals surface area contributed by atoms with Crippen molar-refractivity contribution in [2.24, 2.45) is 5.92 Å². The number of ether oxygens (including phenoxy) is 5. The molecule has 1 aromatic carbocycles. The molecule has 0 spiro atoms. The van der Waals surface area contributed by atoms with E-state index in [9.17, 15) is 18.8 Å². The lowest BCUT2D eigenvalue weighted by molar-refractivity contribution is -0.161. The van der Waals surface area contributed by atoms with Gasteiger partial charge < -0.3 is 23.7 Å². The fourth-order valence-corrected chi connectivity index (χ4v) is 3.62. The summed E-state index contributed by atoms with van der Waals surface area (Å²) in [5.74, 6) is -2.74. The van der Waals surface area contributed by atoms with E-state index in [1.165, 1.54) is 45.5 Å². The van der Waals surface area contributed by atoms with Gasteiger partial charge in [-0.1, -0.05) is 6.92 Å². The Morgan fingerprint density at radius 3 is 2.39 bits per heavy atom. The molecule has 1 aromatic heterocycles. The van der Waals surface area contributed by atoms with Gasteiger partial charge in [0.05, 0.1) is 26.2 Å². The highest BCUT2D eigenvalue weighted by molar-refractivity contribution is 5.99. The molecule has 0 radical (unpaired) electrons. The lowest BCUT2D eigenvalue weighted by Gasteiger charge is -2.27. The largest absolute Gasteiger partial charge is 0.496 e. The Balaban J connectivity index is 1.73. The van der Waals surface area contributed by atoms with Crippen LogP contribution in [0.5, 0.6) is 17.2 Å². The monoisotopic (exact) mass is 503 g/mol. The zero-order chi connectivity index (χ0) is 26.4. The maximum Gasteiger partial charge on any atom is 0.309 e. The standard InChI is InChI=1S/C26H30FNO8/c1-14(12-20(30)23-25(35-16(3)29)21(32-4)10-11-28-23)26(31)34-15(2)24(36-18-7-8-18)19-9-6-17(27)13-22(19)33-5/h6,9-11,13-15,18,24H,7-8,12H2,1-5H3/t14-,15+,24-/m1/s1. The van der Waals surface area contributed by atoms with Crippen molar-refractivity contribution < 1.29 is 42.5 Å². The number of methoxy groups -OCH3 is 2. The van der Waals surface area contributed by atoms with Crippen LogP contribution in [-0.4, -0.2) is 49.1 Å². The van der Waals surface area contributed by atoms with Crippen molar-refractivity contribution >= 4 is 17.7 Å². The average molecular weight is 504 g/mol. The predicted octanol–water partition coefficient (Wildman–Crippen LogP) is 4.22. The third kappa shape index (κ3) is 6.78. The SMILES string of the molecule is COc1cc(F)ccc1[C@H](OC1CC1)[C@H](C)OC(=O)[C@H](C)CC(=O)c1nccc(OC)c1OC(C)=O. The first-order valence-electron chi connectivity index (χ1n) is 11.6. The van der Waals surface area contributed by atoms with Gasteiger partial charge in [0.15, 0.2) is 17.2 Å². The molecule has 1 aliphatic rings. The van der Waals surface area contributed by atoms with Crippen molar-refractivity contribution in [2.45, 2.75) is 58.3 Å². The number of hydrogen-bond donors (Lipinski definition) is 0. The summed E-state index contributed by atoms with van der Waals surface area (Å²) in [6, 6.07) is 5.54. The molecule has 2 aromatic rings. The zero-order valence-electron chi connectivity index (χ0n) is 20.9. The second-order valence-electron chi connectivity index (χ2n) is 8.60. The van der Waals surface area contributed by atoms with Gasteiger partial charge in [0.1, 0.15) is 23.8 Å². The molecule has 0 N–H and O–H groups in total. The van der Waals surface area contributed by atoms with Crippen LogP contribution in [0.4, 0.5) is 4.39 Å². The minimum Gasteiger partial charge on any atom is -0.496 e. The Hall–Kier alpha value is -3.53. The van der Waals surface area contributed by atoms with Gasteiger partial charge in [-0.25, -0.2) is 9.37 Å². The molecule has 0 unspecified atom stereocenters. The van der Waals surface area contributed by atoms with Crippen molar-refractivity contribution in [3.63, 3.8) is 0 Å². The quantitative estimate of drug-likeness (QED) is 0.310. The normalized spacial score (nSPS) is 15.4. The molecule has 9 nitrogen and oxygen atoms in total. The molecule has 0 bridgehead atoms. The van der Waals surface area contributed by atoms with E-state index in [0.29, 0.717) is 5.56 Å². The van der Waals surface area contributed by atoms with Crippen LogP contribution >= 0.6 is 0 Å². The van der Waals surface area contributed by atoms with E-state index in [-0.39, 0.29) is 35.5 Å². The number of nitrogens with zero attached hydrogens (tertiary/aromatic N) is 1. The topological polar surface area (TPSA) is 110 Å². The number of Topliss-reactive ketones (excluding diaryl/α,β-unsaturated/α-hetero) is 1. The van der Waals surface area contributed by atoms with Crippen molar-refractivity contribution in [2.75, 3.05) is 14.2 Å². The molecule has 36 heavy (non-hydrogen) atoms. The van der Waals surface area contributed by atoms with E-state index in [0.717, 1.165) is 12.8 Å². The first-order chi connectivity index (χ1) is 17.1. The van der Waals surface area contributed by atoms with E-state index in [4.69, 9.17) is 23.7 Å². The second kappa shape index (κ2) is 11.9. The van der Waals surface area contributed by atoms with Crippen LogP contribution in [0.1, 0.15) is 62.2 Å². The van der Waals surface area contributed by atoms with E-state index in [2.05, 4.69) is 4.98 Å². The Bertz CT molecular complexity index is 1120. The van der Waals surface area contributed by atoms with Crippen molar-refractivity contribution in [3.8, 4) is 17.2 Å². The number of rotatable bonds is 12. The number of carbonyl (C=O) groups excluding carboxylic acids is 3. The second-order valence-corrected chi connectivity index (χ2v) is 8.60. The van der Waals surface area contributed by atoms with Gasteiger partial charge in [-0.2, -0.15) is 0 Å². The minimum absolute atomic E-state index is 0.0174. The van der Waals surface area contributed by atoms with Crippen LogP contribution in [0, 0.1) is 11.7 Å². The summed E-state index contributed by atoms with van der Waals surface area (Å²) in [6.45, 7) is 4.41. The summed E-state index contributed by atoms with van der Waals surface area (Å²) in [6.07, 6.45) is 1.45. The van der Waals surface area contributed by atoms with Gasteiger partial charge in [-0.05, 0) is 31.9 Å². The summed E-state index contributed by atoms with van der Waals surface area (Å²) < 4.78 is 41.1. The third-order valence-corrected chi connectivity index (χ3v) is 5.59. The highest BCUT2D eigenvalue weighted by Gasteiger charge is 2.35. The molecule has 0 aliphatic heterocycles. The number of ketones is 1. The molecule has 194 valence electrons. The molecule has 1 aliphatic carbocycles. The first kappa shape index (κ1) is 27.1. The zero-order valence-corrected chi connectivity index (χ0v) is 20.9. The van der Waals surface area contributed by atoms with Gasteiger partial charge in [-0.15, -0.1) is 0 Å². The van der Waals surface area contributed by atoms with Crippen LogP contribution < -0.4 is 14.2 Å². The Labute approximate surface area is 208 Å². The van der Waals surface area contributed by atoms with Crippen LogP contribution in [0.25, 0.3) is 0 Å². The van der Waals surface area contributed by atoms with E-state index >= 15 is 0 Å². The summed E-state index contributed by atoms with van der Waals surface area (Å²) in [5, 5.41) is 0. The maximum absolute atomic E-state index is 13.7. The summed E-state index contributed by atoms with van der Waals surface area (Å²) >= 11 is 0. The average Bonchev–Trinajstić information content (AvgIpc) is 3.66. The number of halogens is 1. The number of esters is 2. The summed E-state index contributed by atoms with van der Waals surface area (Å²) in [5.41, 5.74) is 0.435. The predicted molar refractivity (Wildman–Crippen MR) is 126 cm³/mol. The van der Waals surface area contributed by atoms with Gasteiger partial charge in [0, 0.05) is 37.2 Å². The highest BCUT2D eigenvalue weighted by atomic mass is 19.1. The maximum atomic E-state index is 13.7. The molecule has 1 heterocycles. The fourth-order valence-electron chi connectivity index (χ4n) is 3.62. The molecule has 1 fully saturated rings. The van der Waals surface area contributed by atoms with Gasteiger partial charge in [-0.3, -0.25) is 14.4 Å². The number of pyridine rings is 1. The molecule has 0 saturated heterocycles. The van der Waals surface area contributed by atoms with E-state index in [1.807, 2.05) is 0 Å². The number of benzene rings is 1. The Kier molecular flexibility index (Phi) is 8.98. The molecule has 1 saturated carbocycles. The lowest BCUT2D eigenvalue weighted by atomic mass is 10.0. The first-order valence-corrected chi connectivity index (χ1v) is 11.6. The fraction of sp³-hybridized carbons (Fsp3) is 0.462. The summed E-state index contributed by atoms with van der Waals surface area (Å²) in [7, 11) is 2.79. The van der Waals surface area contributed by atoms with Crippen molar-refractivity contribution in [1.82, 2.24) is 4.98 Å². The number of aromatic nitrogens is 1. The number of carbonyl (C=O) groups is 3. The van der Waals surface area contributed by atoms with E-state index in [1.54, 1.807) is 19.9 Å². The molecule has 3 atom stereocenters. The van der Waals surface area contributed by atoms with E-state index < -0.39 is 41.7 Å².